The number of carboxylic acids is 1. The van der Waals surface area contributed by atoms with E-state index < -0.39 is 12.1 Å². The van der Waals surface area contributed by atoms with Crippen molar-refractivity contribution in [3.8, 4) is 17.1 Å². The van der Waals surface area contributed by atoms with Gasteiger partial charge in [0, 0.05) is 17.4 Å². The molecule has 0 amide bonds. The standard InChI is InChI=1S/C23H21N7O.C2HF3O2/c24-22-20-21(19-9-16-8-17(31)3-4-18(16)28-19)29-30(23(20)27-12-26-22)11-13-1-2-15-10-25-6-5-14(15)7-13;3-2(4,5)1(6)7/h1-4,7-9,12,25,28,31H,5-6,10-11H2,(H2,24,26,27);(H,6,7). The number of carboxylic acid groups (broad SMARTS) is 1. The average molecular weight is 525 g/mol. The monoisotopic (exact) mass is 525 g/mol. The Bertz CT molecular complexity index is 1660. The Morgan fingerprint density at radius 3 is 2.66 bits per heavy atom. The van der Waals surface area contributed by atoms with Crippen LogP contribution in [0.5, 0.6) is 5.75 Å². The van der Waals surface area contributed by atoms with Crippen LogP contribution in [0.1, 0.15) is 16.7 Å². The highest BCUT2D eigenvalue weighted by Gasteiger charge is 2.38. The molecule has 0 atom stereocenters. The van der Waals surface area contributed by atoms with Gasteiger partial charge in [-0.2, -0.15) is 18.3 Å². The maximum Gasteiger partial charge on any atom is 0.490 e. The largest absolute Gasteiger partial charge is 0.508 e. The van der Waals surface area contributed by atoms with Crippen molar-refractivity contribution in [1.82, 2.24) is 30.0 Å². The highest BCUT2D eigenvalue weighted by atomic mass is 19.4. The fourth-order valence-electron chi connectivity index (χ4n) is 4.38. The number of halogens is 3. The van der Waals surface area contributed by atoms with E-state index in [1.54, 1.807) is 12.1 Å². The van der Waals surface area contributed by atoms with Crippen LogP contribution in [0.4, 0.5) is 19.0 Å². The van der Waals surface area contributed by atoms with Crippen molar-refractivity contribution in [1.29, 1.82) is 0 Å². The van der Waals surface area contributed by atoms with Gasteiger partial charge in [0.05, 0.1) is 17.6 Å². The number of nitrogens with one attached hydrogen (secondary N) is 2. The highest BCUT2D eigenvalue weighted by Crippen LogP contribution is 2.33. The van der Waals surface area contributed by atoms with Gasteiger partial charge in [0.15, 0.2) is 5.65 Å². The zero-order chi connectivity index (χ0) is 27.0. The second kappa shape index (κ2) is 9.67. The maximum atomic E-state index is 10.6. The second-order valence-corrected chi connectivity index (χ2v) is 8.75. The summed E-state index contributed by atoms with van der Waals surface area (Å²) in [5.74, 6) is -2.14. The van der Waals surface area contributed by atoms with Crippen molar-refractivity contribution in [2.45, 2.75) is 25.7 Å². The number of aromatic nitrogens is 5. The maximum absolute atomic E-state index is 10.6. The van der Waals surface area contributed by atoms with Gasteiger partial charge >= 0.3 is 12.1 Å². The molecule has 0 saturated heterocycles. The molecule has 0 fully saturated rings. The summed E-state index contributed by atoms with van der Waals surface area (Å²) in [5, 5.41) is 26.8. The van der Waals surface area contributed by atoms with Crippen LogP contribution < -0.4 is 11.1 Å². The number of benzene rings is 2. The molecule has 3 aromatic heterocycles. The number of nitrogens with two attached hydrogens (primary N) is 1. The second-order valence-electron chi connectivity index (χ2n) is 8.75. The number of H-pyrrole nitrogens is 1. The number of aromatic amines is 1. The summed E-state index contributed by atoms with van der Waals surface area (Å²) in [5.41, 5.74) is 13.3. The molecule has 6 N–H and O–H groups in total. The number of hydrogen-bond acceptors (Lipinski definition) is 7. The predicted octanol–water partition coefficient (Wildman–Crippen LogP) is 3.59. The first-order valence-corrected chi connectivity index (χ1v) is 11.5. The zero-order valence-corrected chi connectivity index (χ0v) is 19.8. The molecular formula is C25H22F3N7O3. The SMILES string of the molecule is Nc1ncnc2c1c(-c1cc3cc(O)ccc3[nH]1)nn2Cc1ccc2c(c1)CCNC2.O=C(O)C(F)(F)F. The molecule has 10 nitrogen and oxygen atoms in total. The smallest absolute Gasteiger partial charge is 0.490 e. The van der Waals surface area contributed by atoms with E-state index in [9.17, 15) is 18.3 Å². The number of rotatable bonds is 3. The van der Waals surface area contributed by atoms with Gasteiger partial charge in [-0.3, -0.25) is 0 Å². The number of alkyl halides is 3. The molecule has 0 radical (unpaired) electrons. The van der Waals surface area contributed by atoms with Crippen molar-refractivity contribution < 1.29 is 28.2 Å². The lowest BCUT2D eigenvalue weighted by atomic mass is 9.98. The van der Waals surface area contributed by atoms with E-state index in [1.807, 2.05) is 16.8 Å². The van der Waals surface area contributed by atoms with Crippen LogP contribution in [0.25, 0.3) is 33.3 Å². The lowest BCUT2D eigenvalue weighted by Gasteiger charge is -2.17. The molecule has 38 heavy (non-hydrogen) atoms. The molecule has 0 aliphatic carbocycles. The number of aromatic hydroxyl groups is 1. The molecule has 0 unspecified atom stereocenters. The van der Waals surface area contributed by atoms with Crippen LogP contribution in [-0.4, -0.2) is 53.6 Å². The van der Waals surface area contributed by atoms with Crippen molar-refractivity contribution in [2.75, 3.05) is 12.3 Å². The van der Waals surface area contributed by atoms with Gasteiger partial charge in [0.25, 0.3) is 0 Å². The quantitative estimate of drug-likeness (QED) is 0.239. The van der Waals surface area contributed by atoms with Crippen molar-refractivity contribution in [3.05, 3.63) is 65.5 Å². The van der Waals surface area contributed by atoms with E-state index in [0.29, 0.717) is 23.7 Å². The van der Waals surface area contributed by atoms with E-state index in [2.05, 4.69) is 38.5 Å². The fourth-order valence-corrected chi connectivity index (χ4v) is 4.38. The van der Waals surface area contributed by atoms with Gasteiger partial charge in [-0.05, 0) is 53.9 Å². The van der Waals surface area contributed by atoms with Crippen molar-refractivity contribution in [2.24, 2.45) is 0 Å². The van der Waals surface area contributed by atoms with Crippen LogP contribution >= 0.6 is 0 Å². The molecule has 6 rings (SSSR count). The number of nitrogen functional groups attached to an aromatic ring is 1. The Hall–Kier alpha value is -4.65. The van der Waals surface area contributed by atoms with Crippen molar-refractivity contribution in [3.63, 3.8) is 0 Å². The summed E-state index contributed by atoms with van der Waals surface area (Å²) < 4.78 is 33.6. The molecule has 0 spiro atoms. The van der Waals surface area contributed by atoms with Gasteiger partial charge in [0.2, 0.25) is 0 Å². The zero-order valence-electron chi connectivity index (χ0n) is 19.8. The van der Waals surface area contributed by atoms with Gasteiger partial charge in [0.1, 0.15) is 23.6 Å². The van der Waals surface area contributed by atoms with Crippen LogP contribution in [0.15, 0.2) is 48.8 Å². The summed E-state index contributed by atoms with van der Waals surface area (Å²) in [4.78, 5) is 20.9. The molecule has 4 heterocycles. The third-order valence-corrected chi connectivity index (χ3v) is 6.15. The molecule has 1 aliphatic heterocycles. The molecule has 0 saturated carbocycles. The lowest BCUT2D eigenvalue weighted by molar-refractivity contribution is -0.192. The Morgan fingerprint density at radius 2 is 1.89 bits per heavy atom. The molecular weight excluding hydrogens is 503 g/mol. The van der Waals surface area contributed by atoms with Crippen LogP contribution in [0.3, 0.4) is 0 Å². The minimum absolute atomic E-state index is 0.221. The lowest BCUT2D eigenvalue weighted by Crippen LogP contribution is -2.23. The number of fused-ring (bicyclic) bond motifs is 3. The third kappa shape index (κ3) is 4.95. The van der Waals surface area contributed by atoms with Gasteiger partial charge in [-0.15, -0.1) is 0 Å². The molecule has 13 heteroatoms. The third-order valence-electron chi connectivity index (χ3n) is 6.15. The minimum Gasteiger partial charge on any atom is -0.508 e. The van der Waals surface area contributed by atoms with Gasteiger partial charge in [-0.1, -0.05) is 18.2 Å². The number of carbonyl (C=O) groups is 1. The molecule has 196 valence electrons. The molecule has 1 aliphatic rings. The van der Waals surface area contributed by atoms with E-state index >= 15 is 0 Å². The fraction of sp³-hybridized carbons (Fsp3) is 0.200. The summed E-state index contributed by atoms with van der Waals surface area (Å²) in [6.45, 7) is 2.52. The van der Waals surface area contributed by atoms with E-state index in [0.717, 1.165) is 41.5 Å². The van der Waals surface area contributed by atoms with Gasteiger partial charge < -0.3 is 26.2 Å². The predicted molar refractivity (Wildman–Crippen MR) is 133 cm³/mol. The van der Waals surface area contributed by atoms with Crippen LogP contribution in [0, 0.1) is 0 Å². The first kappa shape index (κ1) is 25.0. The number of phenolic OH excluding ortho intramolecular Hbond substituents is 1. The Kier molecular flexibility index (Phi) is 6.36. The van der Waals surface area contributed by atoms with Crippen LogP contribution in [-0.2, 0) is 24.3 Å². The van der Waals surface area contributed by atoms with E-state index in [1.165, 1.54) is 23.0 Å². The molecule has 2 aromatic carbocycles. The Balaban J connectivity index is 0.000000374. The Morgan fingerprint density at radius 1 is 1.11 bits per heavy atom. The Labute approximate surface area is 212 Å². The van der Waals surface area contributed by atoms with Gasteiger partial charge in [-0.25, -0.2) is 19.4 Å². The van der Waals surface area contributed by atoms with Crippen LogP contribution in [0.2, 0.25) is 0 Å². The first-order valence-electron chi connectivity index (χ1n) is 11.5. The first-order chi connectivity index (χ1) is 18.1. The topological polar surface area (TPSA) is 155 Å². The normalized spacial score (nSPS) is 13.2. The summed E-state index contributed by atoms with van der Waals surface area (Å²) in [6, 6.07) is 13.8. The summed E-state index contributed by atoms with van der Waals surface area (Å²) in [6.07, 6.45) is -2.58. The minimum atomic E-state index is -5.08. The van der Waals surface area contributed by atoms with E-state index in [-0.39, 0.29) is 5.75 Å². The summed E-state index contributed by atoms with van der Waals surface area (Å²) >= 11 is 0. The number of anilines is 1. The van der Waals surface area contributed by atoms with Crippen molar-refractivity contribution >= 4 is 33.7 Å². The number of phenols is 1. The highest BCUT2D eigenvalue weighted by molar-refractivity contribution is 6.00. The van der Waals surface area contributed by atoms with E-state index in [4.69, 9.17) is 20.7 Å². The molecule has 5 aromatic rings. The number of nitrogens with zero attached hydrogens (tertiary/aromatic N) is 4. The average Bonchev–Trinajstić information content (AvgIpc) is 3.46. The summed E-state index contributed by atoms with van der Waals surface area (Å²) in [7, 11) is 0. The molecule has 0 bridgehead atoms. The number of aliphatic carboxylic acids is 1. The number of hydrogen-bond donors (Lipinski definition) is 5.